The number of rotatable bonds is 7. The topological polar surface area (TPSA) is 29.5 Å². The van der Waals surface area contributed by atoms with Crippen molar-refractivity contribution in [2.24, 2.45) is 0 Å². The second-order valence-electron chi connectivity index (χ2n) is 4.64. The molecule has 4 heteroatoms. The Bertz CT molecular complexity index is 383. The molecule has 0 aliphatic carbocycles. The van der Waals surface area contributed by atoms with Crippen LogP contribution in [-0.4, -0.2) is 43.5 Å². The van der Waals surface area contributed by atoms with Crippen molar-refractivity contribution in [3.8, 4) is 0 Å². The SMILES string of the molecule is CCC(C(=O)N(C)CC(Cl)COC)c1ccccc1. The Balaban J connectivity index is 2.68. The Morgan fingerprint density at radius 3 is 2.53 bits per heavy atom. The first-order valence-corrected chi connectivity index (χ1v) is 6.96. The summed E-state index contributed by atoms with van der Waals surface area (Å²) < 4.78 is 4.99. The third kappa shape index (κ3) is 4.84. The lowest BCUT2D eigenvalue weighted by Gasteiger charge is -2.25. The molecular weight excluding hydrogens is 262 g/mol. The molecule has 19 heavy (non-hydrogen) atoms. The molecule has 0 spiro atoms. The quantitative estimate of drug-likeness (QED) is 0.720. The molecule has 0 heterocycles. The molecule has 1 rings (SSSR count). The lowest BCUT2D eigenvalue weighted by atomic mass is 9.95. The molecule has 2 unspecified atom stereocenters. The highest BCUT2D eigenvalue weighted by Gasteiger charge is 2.23. The number of hydrogen-bond acceptors (Lipinski definition) is 2. The summed E-state index contributed by atoms with van der Waals surface area (Å²) in [5, 5.41) is -0.174. The summed E-state index contributed by atoms with van der Waals surface area (Å²) in [6.45, 7) is 2.97. The van der Waals surface area contributed by atoms with E-state index in [-0.39, 0.29) is 17.2 Å². The van der Waals surface area contributed by atoms with Crippen LogP contribution < -0.4 is 0 Å². The van der Waals surface area contributed by atoms with Crippen molar-refractivity contribution in [1.29, 1.82) is 0 Å². The number of alkyl halides is 1. The van der Waals surface area contributed by atoms with E-state index < -0.39 is 0 Å². The molecule has 3 nitrogen and oxygen atoms in total. The van der Waals surface area contributed by atoms with Crippen LogP contribution in [0.4, 0.5) is 0 Å². The molecule has 0 fully saturated rings. The molecule has 0 aromatic heterocycles. The molecule has 0 radical (unpaired) electrons. The van der Waals surface area contributed by atoms with Gasteiger partial charge in [0.15, 0.2) is 0 Å². The maximum Gasteiger partial charge on any atom is 0.229 e. The highest BCUT2D eigenvalue weighted by molar-refractivity contribution is 6.21. The number of benzene rings is 1. The van der Waals surface area contributed by atoms with Crippen LogP contribution in [0.15, 0.2) is 30.3 Å². The predicted octanol–water partition coefficient (Wildman–Crippen LogP) is 2.89. The van der Waals surface area contributed by atoms with Gasteiger partial charge in [-0.2, -0.15) is 0 Å². The van der Waals surface area contributed by atoms with Gasteiger partial charge in [-0.1, -0.05) is 37.3 Å². The lowest BCUT2D eigenvalue weighted by Crippen LogP contribution is -2.37. The Morgan fingerprint density at radius 2 is 2.00 bits per heavy atom. The van der Waals surface area contributed by atoms with Gasteiger partial charge in [-0.15, -0.1) is 11.6 Å². The van der Waals surface area contributed by atoms with E-state index in [1.807, 2.05) is 37.3 Å². The van der Waals surface area contributed by atoms with Gasteiger partial charge in [0.05, 0.1) is 17.9 Å². The molecule has 2 atom stereocenters. The van der Waals surface area contributed by atoms with Crippen molar-refractivity contribution >= 4 is 17.5 Å². The summed E-state index contributed by atoms with van der Waals surface area (Å²) in [4.78, 5) is 14.1. The third-order valence-corrected chi connectivity index (χ3v) is 3.37. The van der Waals surface area contributed by atoms with E-state index in [9.17, 15) is 4.79 Å². The highest BCUT2D eigenvalue weighted by atomic mass is 35.5. The fourth-order valence-electron chi connectivity index (χ4n) is 2.12. The van der Waals surface area contributed by atoms with Crippen LogP contribution in [0, 0.1) is 0 Å². The van der Waals surface area contributed by atoms with Crippen LogP contribution >= 0.6 is 11.6 Å². The zero-order chi connectivity index (χ0) is 14.3. The smallest absolute Gasteiger partial charge is 0.229 e. The van der Waals surface area contributed by atoms with Crippen molar-refractivity contribution in [3.05, 3.63) is 35.9 Å². The second-order valence-corrected chi connectivity index (χ2v) is 5.26. The van der Waals surface area contributed by atoms with Crippen molar-refractivity contribution < 1.29 is 9.53 Å². The molecule has 0 aliphatic heterocycles. The number of likely N-dealkylation sites (N-methyl/N-ethyl adjacent to an activating group) is 1. The summed E-state index contributed by atoms with van der Waals surface area (Å²) in [6.07, 6.45) is 0.782. The zero-order valence-electron chi connectivity index (χ0n) is 11.8. The van der Waals surface area contributed by atoms with E-state index in [2.05, 4.69) is 0 Å². The van der Waals surface area contributed by atoms with Gasteiger partial charge in [-0.05, 0) is 12.0 Å². The number of carbonyl (C=O) groups is 1. The van der Waals surface area contributed by atoms with Gasteiger partial charge in [0.25, 0.3) is 0 Å². The van der Waals surface area contributed by atoms with Gasteiger partial charge in [0, 0.05) is 20.7 Å². The molecule has 0 saturated heterocycles. The molecule has 1 aromatic rings. The van der Waals surface area contributed by atoms with Crippen LogP contribution in [0.25, 0.3) is 0 Å². The molecule has 0 bridgehead atoms. The zero-order valence-corrected chi connectivity index (χ0v) is 12.6. The number of halogens is 1. The van der Waals surface area contributed by atoms with Gasteiger partial charge in [-0.3, -0.25) is 4.79 Å². The van der Waals surface area contributed by atoms with Crippen LogP contribution in [-0.2, 0) is 9.53 Å². The number of methoxy groups -OCH3 is 1. The Labute approximate surface area is 120 Å². The van der Waals surface area contributed by atoms with E-state index in [4.69, 9.17) is 16.3 Å². The Kier molecular flexibility index (Phi) is 6.89. The van der Waals surface area contributed by atoms with Gasteiger partial charge in [-0.25, -0.2) is 0 Å². The maximum atomic E-state index is 12.4. The monoisotopic (exact) mass is 283 g/mol. The summed E-state index contributed by atoms with van der Waals surface area (Å²) in [6, 6.07) is 9.86. The Morgan fingerprint density at radius 1 is 1.37 bits per heavy atom. The van der Waals surface area contributed by atoms with Crippen LogP contribution in [0.3, 0.4) is 0 Å². The number of hydrogen-bond donors (Lipinski definition) is 0. The van der Waals surface area contributed by atoms with E-state index in [1.54, 1.807) is 19.1 Å². The first-order chi connectivity index (χ1) is 9.10. The summed E-state index contributed by atoms with van der Waals surface area (Å²) in [5.74, 6) is 0.00747. The standard InChI is InChI=1S/C15H22ClNO2/c1-4-14(12-8-6-5-7-9-12)15(18)17(2)10-13(16)11-19-3/h5-9,13-14H,4,10-11H2,1-3H3. The fraction of sp³-hybridized carbons (Fsp3) is 0.533. The van der Waals surface area contributed by atoms with E-state index in [0.717, 1.165) is 12.0 Å². The van der Waals surface area contributed by atoms with Crippen molar-refractivity contribution in [3.63, 3.8) is 0 Å². The summed E-state index contributed by atoms with van der Waals surface area (Å²) >= 11 is 6.09. The van der Waals surface area contributed by atoms with Crippen molar-refractivity contribution in [1.82, 2.24) is 4.90 Å². The van der Waals surface area contributed by atoms with Crippen LogP contribution in [0.5, 0.6) is 0 Å². The fourth-order valence-corrected chi connectivity index (χ4v) is 2.46. The molecule has 106 valence electrons. The van der Waals surface area contributed by atoms with Gasteiger partial charge in [0.2, 0.25) is 5.91 Å². The largest absolute Gasteiger partial charge is 0.383 e. The first kappa shape index (κ1) is 16.0. The van der Waals surface area contributed by atoms with Crippen LogP contribution in [0.1, 0.15) is 24.8 Å². The summed E-state index contributed by atoms with van der Waals surface area (Å²) in [5.41, 5.74) is 1.06. The number of ether oxygens (including phenoxy) is 1. The first-order valence-electron chi connectivity index (χ1n) is 6.53. The van der Waals surface area contributed by atoms with Crippen molar-refractivity contribution in [2.75, 3.05) is 27.3 Å². The van der Waals surface area contributed by atoms with Crippen molar-refractivity contribution in [2.45, 2.75) is 24.6 Å². The average molecular weight is 284 g/mol. The molecule has 1 amide bonds. The van der Waals surface area contributed by atoms with E-state index in [0.29, 0.717) is 13.2 Å². The molecule has 1 aromatic carbocycles. The number of amides is 1. The number of nitrogens with zero attached hydrogens (tertiary/aromatic N) is 1. The minimum atomic E-state index is -0.174. The molecular formula is C15H22ClNO2. The second kappa shape index (κ2) is 8.18. The van der Waals surface area contributed by atoms with Crippen LogP contribution in [0.2, 0.25) is 0 Å². The lowest BCUT2D eigenvalue weighted by molar-refractivity contribution is -0.131. The molecule has 0 saturated carbocycles. The molecule has 0 aliphatic rings. The average Bonchev–Trinajstić information content (AvgIpc) is 2.40. The van der Waals surface area contributed by atoms with E-state index in [1.165, 1.54) is 0 Å². The van der Waals surface area contributed by atoms with Gasteiger partial charge >= 0.3 is 0 Å². The highest BCUT2D eigenvalue weighted by Crippen LogP contribution is 2.21. The third-order valence-electron chi connectivity index (χ3n) is 3.10. The molecule has 0 N–H and O–H groups in total. The predicted molar refractivity (Wildman–Crippen MR) is 78.6 cm³/mol. The number of carbonyl (C=O) groups excluding carboxylic acids is 1. The Hall–Kier alpha value is -1.06. The minimum Gasteiger partial charge on any atom is -0.383 e. The maximum absolute atomic E-state index is 12.4. The van der Waals surface area contributed by atoms with E-state index >= 15 is 0 Å². The minimum absolute atomic E-state index is 0.0994. The summed E-state index contributed by atoms with van der Waals surface area (Å²) in [7, 11) is 3.40. The van der Waals surface area contributed by atoms with Gasteiger partial charge in [0.1, 0.15) is 0 Å². The van der Waals surface area contributed by atoms with Gasteiger partial charge < -0.3 is 9.64 Å². The normalized spacial score (nSPS) is 13.9.